The summed E-state index contributed by atoms with van der Waals surface area (Å²) in [5.74, 6) is -3.41. The molecule has 0 amide bonds. The van der Waals surface area contributed by atoms with Gasteiger partial charge in [-0.25, -0.2) is 0 Å². The molecule has 2 atom stereocenters. The third-order valence-electron chi connectivity index (χ3n) is 1.47. The fourth-order valence-electron chi connectivity index (χ4n) is 0.761. The maximum atomic E-state index is 11.7. The molecule has 0 heterocycles. The highest BCUT2D eigenvalue weighted by atomic mass is 19.4. The molecule has 0 aromatic heterocycles. The molecule has 0 spiro atoms. The molecule has 0 radical (unpaired) electrons. The molecule has 0 aromatic carbocycles. The number of aliphatic hydroxyl groups is 1. The van der Waals surface area contributed by atoms with Gasteiger partial charge in [0.2, 0.25) is 0 Å². The Hall–Kier alpha value is -0.780. The third-order valence-corrected chi connectivity index (χ3v) is 1.47. The Bertz CT molecular complexity index is 166. The average Bonchev–Trinajstić information content (AvgIpc) is 1.86. The van der Waals surface area contributed by atoms with Crippen LogP contribution < -0.4 is 0 Å². The van der Waals surface area contributed by atoms with Crippen LogP contribution in [-0.2, 0) is 4.79 Å². The van der Waals surface area contributed by atoms with Gasteiger partial charge >= 0.3 is 12.1 Å². The molecule has 2 N–H and O–H groups in total. The summed E-state index contributed by atoms with van der Waals surface area (Å²) in [6, 6.07) is 0. The summed E-state index contributed by atoms with van der Waals surface area (Å²) < 4.78 is 35.2. The van der Waals surface area contributed by atoms with E-state index < -0.39 is 24.2 Å². The fourth-order valence-corrected chi connectivity index (χ4v) is 0.761. The first-order chi connectivity index (χ1) is 5.30. The van der Waals surface area contributed by atoms with Crippen LogP contribution in [0, 0.1) is 5.92 Å². The number of hydrogen-bond acceptors (Lipinski definition) is 2. The van der Waals surface area contributed by atoms with Gasteiger partial charge in [-0.15, -0.1) is 0 Å². The number of carboxylic acids is 1. The Morgan fingerprint density at radius 2 is 1.92 bits per heavy atom. The van der Waals surface area contributed by atoms with Crippen molar-refractivity contribution in [1.29, 1.82) is 0 Å². The van der Waals surface area contributed by atoms with E-state index in [2.05, 4.69) is 0 Å². The maximum Gasteiger partial charge on any atom is 0.415 e. The van der Waals surface area contributed by atoms with Gasteiger partial charge in [0.1, 0.15) is 0 Å². The van der Waals surface area contributed by atoms with Crippen molar-refractivity contribution in [2.75, 3.05) is 0 Å². The molecule has 3 nitrogen and oxygen atoms in total. The smallest absolute Gasteiger partial charge is 0.415 e. The van der Waals surface area contributed by atoms with Crippen LogP contribution in [0.15, 0.2) is 0 Å². The molecule has 0 aliphatic heterocycles. The molecule has 0 bridgehead atoms. The van der Waals surface area contributed by atoms with Crippen LogP contribution in [0.2, 0.25) is 0 Å². The summed E-state index contributed by atoms with van der Waals surface area (Å²) >= 11 is 0. The summed E-state index contributed by atoms with van der Waals surface area (Å²) in [6.07, 6.45) is -7.89. The molecule has 72 valence electrons. The topological polar surface area (TPSA) is 57.5 Å². The van der Waals surface area contributed by atoms with Gasteiger partial charge in [-0.05, 0) is 6.42 Å². The first-order valence-corrected chi connectivity index (χ1v) is 3.28. The summed E-state index contributed by atoms with van der Waals surface area (Å²) in [7, 11) is 0. The van der Waals surface area contributed by atoms with Crippen molar-refractivity contribution in [3.05, 3.63) is 0 Å². The zero-order valence-electron chi connectivity index (χ0n) is 6.30. The molecule has 2 unspecified atom stereocenters. The van der Waals surface area contributed by atoms with Gasteiger partial charge < -0.3 is 10.2 Å². The number of halogens is 3. The van der Waals surface area contributed by atoms with Gasteiger partial charge in [0.25, 0.3) is 0 Å². The van der Waals surface area contributed by atoms with Crippen LogP contribution in [-0.4, -0.2) is 28.5 Å². The second-order valence-electron chi connectivity index (χ2n) is 2.34. The van der Waals surface area contributed by atoms with Crippen molar-refractivity contribution in [3.63, 3.8) is 0 Å². The predicted molar refractivity (Wildman–Crippen MR) is 33.5 cm³/mol. The molecule has 0 fully saturated rings. The van der Waals surface area contributed by atoms with E-state index in [0.29, 0.717) is 0 Å². The van der Waals surface area contributed by atoms with E-state index in [9.17, 15) is 18.0 Å². The molecule has 0 aromatic rings. The predicted octanol–water partition coefficient (Wildman–Crippen LogP) is 1.02. The standard InChI is InChI=1S/C6H9F3O3/c1-2-3(5(11)12)4(10)6(7,8)9/h3-4,10H,2H2,1H3,(H,11,12). The van der Waals surface area contributed by atoms with Gasteiger partial charge in [0, 0.05) is 0 Å². The van der Waals surface area contributed by atoms with Crippen molar-refractivity contribution in [1.82, 2.24) is 0 Å². The second-order valence-corrected chi connectivity index (χ2v) is 2.34. The summed E-state index contributed by atoms with van der Waals surface area (Å²) in [4.78, 5) is 10.2. The lowest BCUT2D eigenvalue weighted by Crippen LogP contribution is -2.39. The van der Waals surface area contributed by atoms with E-state index in [0.717, 1.165) is 0 Å². The largest absolute Gasteiger partial charge is 0.481 e. The summed E-state index contributed by atoms with van der Waals surface area (Å²) in [6.45, 7) is 1.27. The van der Waals surface area contributed by atoms with E-state index in [1.54, 1.807) is 0 Å². The van der Waals surface area contributed by atoms with E-state index >= 15 is 0 Å². The highest BCUT2D eigenvalue weighted by Crippen LogP contribution is 2.27. The number of alkyl halides is 3. The highest BCUT2D eigenvalue weighted by Gasteiger charge is 2.45. The minimum Gasteiger partial charge on any atom is -0.481 e. The normalized spacial score (nSPS) is 17.1. The maximum absolute atomic E-state index is 11.7. The van der Waals surface area contributed by atoms with Crippen LogP contribution in [0.5, 0.6) is 0 Å². The molecule has 12 heavy (non-hydrogen) atoms. The molecule has 0 rings (SSSR count). The number of aliphatic hydroxyl groups excluding tert-OH is 1. The average molecular weight is 186 g/mol. The number of carboxylic acid groups (broad SMARTS) is 1. The van der Waals surface area contributed by atoms with Crippen LogP contribution in [0.3, 0.4) is 0 Å². The van der Waals surface area contributed by atoms with Gasteiger partial charge in [0.15, 0.2) is 6.10 Å². The van der Waals surface area contributed by atoms with E-state index in [1.165, 1.54) is 6.92 Å². The zero-order valence-corrected chi connectivity index (χ0v) is 6.30. The molecule has 6 heteroatoms. The monoisotopic (exact) mass is 186 g/mol. The highest BCUT2D eigenvalue weighted by molar-refractivity contribution is 5.70. The molecular formula is C6H9F3O3. The summed E-state index contributed by atoms with van der Waals surface area (Å²) in [5.41, 5.74) is 0. The zero-order chi connectivity index (χ0) is 9.94. The van der Waals surface area contributed by atoms with Crippen molar-refractivity contribution < 1.29 is 28.2 Å². The van der Waals surface area contributed by atoms with Gasteiger partial charge in [-0.3, -0.25) is 4.79 Å². The summed E-state index contributed by atoms with van der Waals surface area (Å²) in [5, 5.41) is 16.8. The SMILES string of the molecule is CCC(C(=O)O)C(O)C(F)(F)F. The molecule has 0 aliphatic rings. The molecular weight excluding hydrogens is 177 g/mol. The molecule has 0 saturated carbocycles. The van der Waals surface area contributed by atoms with Crippen molar-refractivity contribution >= 4 is 5.97 Å². The fraction of sp³-hybridized carbons (Fsp3) is 0.833. The first-order valence-electron chi connectivity index (χ1n) is 3.28. The van der Waals surface area contributed by atoms with E-state index in [4.69, 9.17) is 10.2 Å². The number of carbonyl (C=O) groups is 1. The number of aliphatic carboxylic acids is 1. The van der Waals surface area contributed by atoms with Crippen molar-refractivity contribution in [3.8, 4) is 0 Å². The van der Waals surface area contributed by atoms with Crippen LogP contribution >= 0.6 is 0 Å². The molecule has 0 aliphatic carbocycles. The van der Waals surface area contributed by atoms with Gasteiger partial charge in [-0.2, -0.15) is 13.2 Å². The number of hydrogen-bond donors (Lipinski definition) is 2. The lowest BCUT2D eigenvalue weighted by Gasteiger charge is -2.19. The van der Waals surface area contributed by atoms with Crippen LogP contribution in [0.25, 0.3) is 0 Å². The van der Waals surface area contributed by atoms with E-state index in [-0.39, 0.29) is 6.42 Å². The van der Waals surface area contributed by atoms with Gasteiger partial charge in [-0.1, -0.05) is 6.92 Å². The lowest BCUT2D eigenvalue weighted by molar-refractivity contribution is -0.223. The Morgan fingerprint density at radius 1 is 1.50 bits per heavy atom. The second kappa shape index (κ2) is 3.75. The van der Waals surface area contributed by atoms with Crippen molar-refractivity contribution in [2.24, 2.45) is 5.92 Å². The van der Waals surface area contributed by atoms with Crippen LogP contribution in [0.4, 0.5) is 13.2 Å². The van der Waals surface area contributed by atoms with Crippen LogP contribution in [0.1, 0.15) is 13.3 Å². The minimum absolute atomic E-state index is 0.254. The first kappa shape index (κ1) is 11.2. The Balaban J connectivity index is 4.42. The van der Waals surface area contributed by atoms with E-state index in [1.807, 2.05) is 0 Å². The lowest BCUT2D eigenvalue weighted by atomic mass is 9.99. The van der Waals surface area contributed by atoms with Crippen molar-refractivity contribution in [2.45, 2.75) is 25.6 Å². The van der Waals surface area contributed by atoms with Gasteiger partial charge in [0.05, 0.1) is 5.92 Å². The quantitative estimate of drug-likeness (QED) is 0.691. The Labute approximate surface area is 66.8 Å². The Morgan fingerprint density at radius 3 is 2.00 bits per heavy atom. The molecule has 0 saturated heterocycles. The number of rotatable bonds is 3. The Kier molecular flexibility index (Phi) is 3.51. The minimum atomic E-state index is -4.86. The third kappa shape index (κ3) is 2.69.